The molecule has 0 aromatic carbocycles. The van der Waals surface area contributed by atoms with Crippen molar-refractivity contribution in [2.75, 3.05) is 39.3 Å². The lowest BCUT2D eigenvalue weighted by Gasteiger charge is -2.32. The van der Waals surface area contributed by atoms with Gasteiger partial charge in [0.2, 0.25) is 5.91 Å². The number of imide groups is 1. The van der Waals surface area contributed by atoms with Crippen LogP contribution in [0.2, 0.25) is 0 Å². The van der Waals surface area contributed by atoms with Gasteiger partial charge in [-0.3, -0.25) is 14.6 Å². The van der Waals surface area contributed by atoms with E-state index in [1.807, 2.05) is 10.3 Å². The zero-order valence-electron chi connectivity index (χ0n) is 10.9. The molecular formula is C12H16N4O3S. The van der Waals surface area contributed by atoms with E-state index in [2.05, 4.69) is 10.3 Å². The molecule has 108 valence electrons. The van der Waals surface area contributed by atoms with Gasteiger partial charge in [0, 0.05) is 37.8 Å². The molecule has 0 unspecified atom stereocenters. The van der Waals surface area contributed by atoms with Crippen LogP contribution in [0.5, 0.6) is 0 Å². The van der Waals surface area contributed by atoms with Crippen molar-refractivity contribution in [2.45, 2.75) is 6.10 Å². The first-order chi connectivity index (χ1) is 9.74. The Morgan fingerprint density at radius 1 is 1.55 bits per heavy atom. The second kappa shape index (κ2) is 5.86. The number of carbonyl (C=O) groups excluding carboxylic acids is 2. The first-order valence-electron chi connectivity index (χ1n) is 6.55. The van der Waals surface area contributed by atoms with Crippen LogP contribution in [0.1, 0.15) is 11.1 Å². The molecule has 2 aliphatic rings. The number of nitrogens with one attached hydrogen (secondary N) is 1. The highest BCUT2D eigenvalue weighted by molar-refractivity contribution is 7.09. The van der Waals surface area contributed by atoms with Crippen LogP contribution in [0.3, 0.4) is 0 Å². The maximum atomic E-state index is 12.1. The molecule has 1 N–H and O–H groups in total. The van der Waals surface area contributed by atoms with Crippen LogP contribution < -0.4 is 5.32 Å². The largest absolute Gasteiger partial charge is 0.368 e. The predicted octanol–water partition coefficient (Wildman–Crippen LogP) is 0.0682. The summed E-state index contributed by atoms with van der Waals surface area (Å²) in [6.07, 6.45) is 1.67. The zero-order chi connectivity index (χ0) is 13.9. The van der Waals surface area contributed by atoms with Crippen molar-refractivity contribution in [1.82, 2.24) is 20.1 Å². The van der Waals surface area contributed by atoms with Crippen molar-refractivity contribution in [2.24, 2.45) is 0 Å². The maximum absolute atomic E-state index is 12.1. The fourth-order valence-electron chi connectivity index (χ4n) is 2.38. The first kappa shape index (κ1) is 13.5. The lowest BCUT2D eigenvalue weighted by atomic mass is 10.2. The van der Waals surface area contributed by atoms with E-state index in [9.17, 15) is 9.59 Å². The molecule has 2 saturated heterocycles. The summed E-state index contributed by atoms with van der Waals surface area (Å²) >= 11 is 1.55. The monoisotopic (exact) mass is 296 g/mol. The number of carbonyl (C=O) groups is 2. The van der Waals surface area contributed by atoms with Gasteiger partial charge in [-0.15, -0.1) is 11.3 Å². The van der Waals surface area contributed by atoms with Gasteiger partial charge < -0.3 is 10.1 Å². The number of hydrogen-bond acceptors (Lipinski definition) is 6. The van der Waals surface area contributed by atoms with Gasteiger partial charge in [-0.1, -0.05) is 0 Å². The second-order valence-corrected chi connectivity index (χ2v) is 5.67. The number of nitrogens with zero attached hydrogens (tertiary/aromatic N) is 3. The molecule has 0 saturated carbocycles. The smallest absolute Gasteiger partial charge is 0.324 e. The minimum absolute atomic E-state index is 0.0797. The Hall–Kier alpha value is -1.51. The van der Waals surface area contributed by atoms with Gasteiger partial charge in [-0.05, 0) is 0 Å². The Labute approximate surface area is 120 Å². The highest BCUT2D eigenvalue weighted by Crippen LogP contribution is 2.23. The lowest BCUT2D eigenvalue weighted by Crippen LogP contribution is -2.46. The van der Waals surface area contributed by atoms with E-state index in [1.54, 1.807) is 17.5 Å². The molecule has 0 spiro atoms. The molecule has 1 atom stereocenters. The lowest BCUT2D eigenvalue weighted by molar-refractivity contribution is -0.130. The summed E-state index contributed by atoms with van der Waals surface area (Å²) in [6.45, 7) is 3.15. The molecule has 2 fully saturated rings. The van der Waals surface area contributed by atoms with E-state index in [1.165, 1.54) is 4.90 Å². The quantitative estimate of drug-likeness (QED) is 0.854. The van der Waals surface area contributed by atoms with E-state index in [0.717, 1.165) is 5.01 Å². The van der Waals surface area contributed by atoms with E-state index in [-0.39, 0.29) is 24.6 Å². The maximum Gasteiger partial charge on any atom is 0.324 e. The molecule has 1 aromatic heterocycles. The number of amides is 3. The fraction of sp³-hybridized carbons (Fsp3) is 0.583. The highest BCUT2D eigenvalue weighted by atomic mass is 32.1. The first-order valence-corrected chi connectivity index (χ1v) is 7.43. The van der Waals surface area contributed by atoms with Crippen molar-refractivity contribution in [1.29, 1.82) is 0 Å². The standard InChI is InChI=1S/C12H16N4O3S/c17-10(16-3-1-14-12(16)18)8-15-4-5-19-9(7-15)11-13-2-6-20-11/h2,6,9H,1,3-5,7-8H2,(H,14,18)/t9-/m1/s1. The number of ether oxygens (including phenoxy) is 1. The van der Waals surface area contributed by atoms with Crippen LogP contribution in [0, 0.1) is 0 Å². The van der Waals surface area contributed by atoms with Crippen molar-refractivity contribution in [3.63, 3.8) is 0 Å². The number of aromatic nitrogens is 1. The van der Waals surface area contributed by atoms with Crippen LogP contribution in [0.15, 0.2) is 11.6 Å². The molecule has 0 aliphatic carbocycles. The zero-order valence-corrected chi connectivity index (χ0v) is 11.8. The average Bonchev–Trinajstić information content (AvgIpc) is 3.09. The number of morpholine rings is 1. The molecule has 20 heavy (non-hydrogen) atoms. The van der Waals surface area contributed by atoms with Crippen molar-refractivity contribution >= 4 is 23.3 Å². The number of hydrogen-bond donors (Lipinski definition) is 1. The van der Waals surface area contributed by atoms with E-state index in [0.29, 0.717) is 32.8 Å². The Bertz CT molecular complexity index is 493. The molecule has 7 nitrogen and oxygen atoms in total. The van der Waals surface area contributed by atoms with Gasteiger partial charge in [0.15, 0.2) is 0 Å². The summed E-state index contributed by atoms with van der Waals surface area (Å²) < 4.78 is 5.68. The summed E-state index contributed by atoms with van der Waals surface area (Å²) in [7, 11) is 0. The van der Waals surface area contributed by atoms with Gasteiger partial charge in [0.05, 0.1) is 13.2 Å². The van der Waals surface area contributed by atoms with Gasteiger partial charge in [-0.25, -0.2) is 9.78 Å². The minimum Gasteiger partial charge on any atom is -0.368 e. The number of thiazole rings is 1. The average molecular weight is 296 g/mol. The number of rotatable bonds is 3. The summed E-state index contributed by atoms with van der Waals surface area (Å²) in [6, 6.07) is -0.292. The summed E-state index contributed by atoms with van der Waals surface area (Å²) in [5, 5.41) is 5.48. The molecule has 3 amide bonds. The van der Waals surface area contributed by atoms with Crippen LogP contribution in [-0.4, -0.2) is 66.1 Å². The topological polar surface area (TPSA) is 74.8 Å². The van der Waals surface area contributed by atoms with Gasteiger partial charge in [-0.2, -0.15) is 0 Å². The fourth-order valence-corrected chi connectivity index (χ4v) is 3.05. The summed E-state index contributed by atoms with van der Waals surface area (Å²) in [4.78, 5) is 31.1. The molecule has 0 bridgehead atoms. The van der Waals surface area contributed by atoms with Gasteiger partial charge in [0.1, 0.15) is 11.1 Å². The number of urea groups is 1. The van der Waals surface area contributed by atoms with Crippen molar-refractivity contribution < 1.29 is 14.3 Å². The molecule has 3 heterocycles. The molecule has 3 rings (SSSR count). The van der Waals surface area contributed by atoms with Crippen LogP contribution in [-0.2, 0) is 9.53 Å². The van der Waals surface area contributed by atoms with Crippen molar-refractivity contribution in [3.05, 3.63) is 16.6 Å². The summed E-state index contributed by atoms with van der Waals surface area (Å²) in [5.74, 6) is -0.153. The Morgan fingerprint density at radius 2 is 2.45 bits per heavy atom. The molecule has 1 aromatic rings. The third-order valence-electron chi connectivity index (χ3n) is 3.39. The molecule has 2 aliphatic heterocycles. The molecule has 0 radical (unpaired) electrons. The minimum atomic E-state index is -0.292. The van der Waals surface area contributed by atoms with E-state index >= 15 is 0 Å². The molecule has 8 heteroatoms. The predicted molar refractivity (Wildman–Crippen MR) is 72.4 cm³/mol. The van der Waals surface area contributed by atoms with Crippen LogP contribution in [0.4, 0.5) is 4.79 Å². The van der Waals surface area contributed by atoms with E-state index in [4.69, 9.17) is 4.74 Å². The SMILES string of the molecule is O=C(CN1CCO[C@@H](c2nccs2)C1)N1CCNC1=O. The normalized spacial score (nSPS) is 23.9. The third kappa shape index (κ3) is 2.82. The van der Waals surface area contributed by atoms with Crippen molar-refractivity contribution in [3.8, 4) is 0 Å². The third-order valence-corrected chi connectivity index (χ3v) is 4.26. The summed E-state index contributed by atoms with van der Waals surface area (Å²) in [5.41, 5.74) is 0. The van der Waals surface area contributed by atoms with E-state index < -0.39 is 0 Å². The molecular weight excluding hydrogens is 280 g/mol. The Balaban J connectivity index is 1.57. The van der Waals surface area contributed by atoms with Gasteiger partial charge in [0.25, 0.3) is 0 Å². The van der Waals surface area contributed by atoms with Gasteiger partial charge >= 0.3 is 6.03 Å². The Kier molecular flexibility index (Phi) is 3.95. The highest BCUT2D eigenvalue weighted by Gasteiger charge is 2.30. The van der Waals surface area contributed by atoms with Crippen LogP contribution in [0.25, 0.3) is 0 Å². The Morgan fingerprint density at radius 3 is 3.15 bits per heavy atom. The van der Waals surface area contributed by atoms with Crippen LogP contribution >= 0.6 is 11.3 Å². The second-order valence-electron chi connectivity index (χ2n) is 4.74.